The maximum Gasteiger partial charge on any atom is 0.237 e. The highest BCUT2D eigenvalue weighted by Gasteiger charge is 2.15. The quantitative estimate of drug-likeness (QED) is 0.720. The molecule has 0 aliphatic carbocycles. The zero-order valence-corrected chi connectivity index (χ0v) is 15.2. The van der Waals surface area contributed by atoms with Crippen LogP contribution in [0.5, 0.6) is 0 Å². The zero-order chi connectivity index (χ0) is 17.5. The summed E-state index contributed by atoms with van der Waals surface area (Å²) in [4.78, 5) is 15.5. The molecule has 0 fully saturated rings. The van der Waals surface area contributed by atoms with Crippen LogP contribution in [0.4, 0.5) is 5.69 Å². The van der Waals surface area contributed by atoms with E-state index in [0.29, 0.717) is 18.7 Å². The summed E-state index contributed by atoms with van der Waals surface area (Å²) in [5.74, 6) is 0.388. The van der Waals surface area contributed by atoms with Gasteiger partial charge >= 0.3 is 0 Å². The van der Waals surface area contributed by atoms with Crippen molar-refractivity contribution in [1.29, 1.82) is 5.26 Å². The molecule has 0 saturated heterocycles. The second-order valence-corrected chi connectivity index (χ2v) is 6.87. The van der Waals surface area contributed by atoms with E-state index in [4.69, 9.17) is 5.26 Å². The average molecular weight is 338 g/mol. The van der Waals surface area contributed by atoms with Crippen LogP contribution >= 0.6 is 11.8 Å². The lowest BCUT2D eigenvalue weighted by atomic mass is 10.1. The number of hydrogen-bond donors (Lipinski definition) is 0. The number of thioether (sulfide) groups is 1. The van der Waals surface area contributed by atoms with Gasteiger partial charge in [0, 0.05) is 17.1 Å². The van der Waals surface area contributed by atoms with E-state index in [9.17, 15) is 4.79 Å². The number of amides is 1. The van der Waals surface area contributed by atoms with Gasteiger partial charge in [-0.05, 0) is 56.2 Å². The van der Waals surface area contributed by atoms with Gasteiger partial charge in [-0.3, -0.25) is 4.79 Å². The summed E-state index contributed by atoms with van der Waals surface area (Å²) >= 11 is 1.54. The largest absolute Gasteiger partial charge is 0.311 e. The molecule has 0 unspecified atom stereocenters. The van der Waals surface area contributed by atoms with Crippen LogP contribution in [0.1, 0.15) is 23.1 Å². The summed E-state index contributed by atoms with van der Waals surface area (Å²) < 4.78 is 0. The molecule has 24 heavy (non-hydrogen) atoms. The molecule has 0 aliphatic rings. The Balaban J connectivity index is 2.08. The van der Waals surface area contributed by atoms with Gasteiger partial charge in [-0.15, -0.1) is 11.8 Å². The van der Waals surface area contributed by atoms with E-state index in [0.717, 1.165) is 16.1 Å². The van der Waals surface area contributed by atoms with Gasteiger partial charge in [0.2, 0.25) is 5.91 Å². The Kier molecular flexibility index (Phi) is 6.45. The van der Waals surface area contributed by atoms with Gasteiger partial charge in [-0.1, -0.05) is 23.8 Å². The molecule has 4 heteroatoms. The number of nitrogens with zero attached hydrogens (tertiary/aromatic N) is 2. The lowest BCUT2D eigenvalue weighted by Crippen LogP contribution is -2.33. The highest BCUT2D eigenvalue weighted by atomic mass is 32.2. The first-order valence-corrected chi connectivity index (χ1v) is 8.94. The second kappa shape index (κ2) is 8.56. The molecular formula is C20H22N2OS. The summed E-state index contributed by atoms with van der Waals surface area (Å²) in [7, 11) is 0. The fraction of sp³-hybridized carbons (Fsp3) is 0.300. The first-order valence-electron chi connectivity index (χ1n) is 7.95. The van der Waals surface area contributed by atoms with Crippen molar-refractivity contribution in [2.45, 2.75) is 32.1 Å². The second-order valence-electron chi connectivity index (χ2n) is 5.82. The highest BCUT2D eigenvalue weighted by Crippen LogP contribution is 2.23. The minimum absolute atomic E-state index is 0.0253. The molecule has 0 bridgehead atoms. The van der Waals surface area contributed by atoms with Crippen LogP contribution in [-0.2, 0) is 4.79 Å². The maximum absolute atomic E-state index is 12.7. The molecule has 124 valence electrons. The van der Waals surface area contributed by atoms with Crippen LogP contribution in [-0.4, -0.2) is 18.2 Å². The van der Waals surface area contributed by atoms with Gasteiger partial charge in [0.05, 0.1) is 18.2 Å². The molecule has 0 radical (unpaired) electrons. The van der Waals surface area contributed by atoms with E-state index in [1.54, 1.807) is 4.90 Å². The Morgan fingerprint density at radius 3 is 2.42 bits per heavy atom. The van der Waals surface area contributed by atoms with Crippen LogP contribution in [0, 0.1) is 32.1 Å². The normalized spacial score (nSPS) is 10.2. The van der Waals surface area contributed by atoms with Gasteiger partial charge in [0.25, 0.3) is 0 Å². The number of nitriles is 1. The molecule has 1 amide bonds. The predicted octanol–water partition coefficient (Wildman–Crippen LogP) is 4.65. The molecule has 0 spiro atoms. The van der Waals surface area contributed by atoms with E-state index in [1.807, 2.05) is 37.3 Å². The molecule has 2 aromatic rings. The van der Waals surface area contributed by atoms with Gasteiger partial charge < -0.3 is 4.90 Å². The Labute approximate surface area is 148 Å². The van der Waals surface area contributed by atoms with Crippen molar-refractivity contribution in [2.75, 3.05) is 17.2 Å². The van der Waals surface area contributed by atoms with Gasteiger partial charge in [-0.2, -0.15) is 5.26 Å². The number of carbonyl (C=O) groups excluding carboxylic acids is 1. The third kappa shape index (κ3) is 4.87. The first kappa shape index (κ1) is 18.1. The summed E-state index contributed by atoms with van der Waals surface area (Å²) in [5.41, 5.74) is 4.48. The summed E-state index contributed by atoms with van der Waals surface area (Å²) in [5, 5.41) is 8.86. The number of aryl methyl sites for hydroxylation is 3. The highest BCUT2D eigenvalue weighted by molar-refractivity contribution is 8.00. The zero-order valence-electron chi connectivity index (χ0n) is 14.4. The lowest BCUT2D eigenvalue weighted by Gasteiger charge is -2.22. The van der Waals surface area contributed by atoms with Crippen LogP contribution in [0.2, 0.25) is 0 Å². The van der Waals surface area contributed by atoms with Crippen molar-refractivity contribution in [1.82, 2.24) is 0 Å². The van der Waals surface area contributed by atoms with E-state index in [1.165, 1.54) is 22.9 Å². The molecule has 3 nitrogen and oxygen atoms in total. The molecule has 0 saturated carbocycles. The fourth-order valence-corrected chi connectivity index (χ4v) is 3.18. The monoisotopic (exact) mass is 338 g/mol. The van der Waals surface area contributed by atoms with Crippen LogP contribution in [0.15, 0.2) is 47.4 Å². The van der Waals surface area contributed by atoms with Crippen LogP contribution in [0.25, 0.3) is 0 Å². The van der Waals surface area contributed by atoms with Crippen LogP contribution in [0.3, 0.4) is 0 Å². The predicted molar refractivity (Wildman–Crippen MR) is 100 cm³/mol. The van der Waals surface area contributed by atoms with E-state index in [2.05, 4.69) is 32.0 Å². The van der Waals surface area contributed by atoms with Gasteiger partial charge in [-0.25, -0.2) is 0 Å². The van der Waals surface area contributed by atoms with Crippen molar-refractivity contribution in [2.24, 2.45) is 0 Å². The molecule has 0 aromatic heterocycles. The SMILES string of the molecule is Cc1ccc(N(CCC#N)C(=O)CSc2ccc(C)c(C)c2)cc1. The molecule has 0 atom stereocenters. The average Bonchev–Trinajstić information content (AvgIpc) is 2.57. The van der Waals surface area contributed by atoms with E-state index >= 15 is 0 Å². The Morgan fingerprint density at radius 2 is 1.79 bits per heavy atom. The third-order valence-corrected chi connectivity index (χ3v) is 4.91. The minimum atomic E-state index is 0.0253. The molecule has 0 heterocycles. The molecule has 0 aliphatic heterocycles. The van der Waals surface area contributed by atoms with Crippen molar-refractivity contribution >= 4 is 23.4 Å². The first-order chi connectivity index (χ1) is 11.5. The van der Waals surface area contributed by atoms with Crippen molar-refractivity contribution in [3.63, 3.8) is 0 Å². The molecule has 0 N–H and O–H groups in total. The summed E-state index contributed by atoms with van der Waals surface area (Å²) in [6.45, 7) is 6.59. The maximum atomic E-state index is 12.7. The van der Waals surface area contributed by atoms with Gasteiger partial charge in [0.15, 0.2) is 0 Å². The smallest absolute Gasteiger partial charge is 0.237 e. The van der Waals surface area contributed by atoms with E-state index < -0.39 is 0 Å². The minimum Gasteiger partial charge on any atom is -0.311 e. The lowest BCUT2D eigenvalue weighted by molar-refractivity contribution is -0.116. The Hall–Kier alpha value is -2.25. The number of benzene rings is 2. The topological polar surface area (TPSA) is 44.1 Å². The Morgan fingerprint density at radius 1 is 1.08 bits per heavy atom. The molecule has 2 rings (SSSR count). The number of carbonyl (C=O) groups is 1. The Bertz CT molecular complexity index is 747. The standard InChI is InChI=1S/C20H22N2OS/c1-15-5-8-18(9-6-15)22(12-4-11-21)20(23)14-24-19-10-7-16(2)17(3)13-19/h5-10,13H,4,12,14H2,1-3H3. The molecular weight excluding hydrogens is 316 g/mol. The fourth-order valence-electron chi connectivity index (χ4n) is 2.31. The summed E-state index contributed by atoms with van der Waals surface area (Å²) in [6, 6.07) is 16.2. The summed E-state index contributed by atoms with van der Waals surface area (Å²) in [6.07, 6.45) is 0.327. The molecule has 2 aromatic carbocycles. The van der Waals surface area contributed by atoms with Crippen molar-refractivity contribution in [3.05, 3.63) is 59.2 Å². The van der Waals surface area contributed by atoms with E-state index in [-0.39, 0.29) is 5.91 Å². The number of hydrogen-bond acceptors (Lipinski definition) is 3. The van der Waals surface area contributed by atoms with Crippen molar-refractivity contribution < 1.29 is 4.79 Å². The van der Waals surface area contributed by atoms with Crippen molar-refractivity contribution in [3.8, 4) is 6.07 Å². The van der Waals surface area contributed by atoms with Gasteiger partial charge in [0.1, 0.15) is 0 Å². The number of anilines is 1. The van der Waals surface area contributed by atoms with Crippen LogP contribution < -0.4 is 4.90 Å². The number of rotatable bonds is 6. The third-order valence-electron chi connectivity index (χ3n) is 3.93.